The normalized spacial score (nSPS) is 11.5. The maximum atomic E-state index is 12.7. The summed E-state index contributed by atoms with van der Waals surface area (Å²) in [7, 11) is 0. The van der Waals surface area contributed by atoms with Crippen LogP contribution in [0.3, 0.4) is 0 Å². The predicted octanol–water partition coefficient (Wildman–Crippen LogP) is 5.71. The molecule has 3 rings (SSSR count). The third-order valence-corrected chi connectivity index (χ3v) is 5.43. The Hall–Kier alpha value is -2.74. The van der Waals surface area contributed by atoms with Crippen molar-refractivity contribution in [1.29, 1.82) is 0 Å². The van der Waals surface area contributed by atoms with Gasteiger partial charge in [0.05, 0.1) is 22.6 Å². The molecule has 0 saturated heterocycles. The first kappa shape index (κ1) is 20.0. The Bertz CT molecular complexity index is 1020. The highest BCUT2D eigenvalue weighted by molar-refractivity contribution is 7.17. The molecule has 1 amide bonds. The molecule has 0 radical (unpaired) electrons. The number of aryl methyl sites for hydroxylation is 4. The van der Waals surface area contributed by atoms with E-state index in [-0.39, 0.29) is 5.91 Å². The van der Waals surface area contributed by atoms with Crippen LogP contribution < -0.4 is 5.32 Å². The number of nitrogens with one attached hydrogen (secondary N) is 1. The van der Waals surface area contributed by atoms with Gasteiger partial charge in [-0.2, -0.15) is 13.2 Å². The molecule has 0 aliphatic carbocycles. The second kappa shape index (κ2) is 7.35. The quantitative estimate of drug-likeness (QED) is 0.607. The van der Waals surface area contributed by atoms with Crippen molar-refractivity contribution in [3.05, 3.63) is 63.4 Å². The lowest BCUT2D eigenvalue weighted by atomic mass is 10.1. The van der Waals surface area contributed by atoms with Crippen molar-refractivity contribution < 1.29 is 18.0 Å². The van der Waals surface area contributed by atoms with Crippen molar-refractivity contribution in [2.75, 3.05) is 5.32 Å². The number of aromatic nitrogens is 2. The monoisotopic (exact) mass is 405 g/mol. The Balaban J connectivity index is 1.87. The lowest BCUT2D eigenvalue weighted by Gasteiger charge is -2.11. The summed E-state index contributed by atoms with van der Waals surface area (Å²) in [5, 5.41) is 3.37. The summed E-state index contributed by atoms with van der Waals surface area (Å²) in [6, 6.07) is 6.63. The number of carbonyl (C=O) groups excluding carboxylic acids is 1. The lowest BCUT2D eigenvalue weighted by Crippen LogP contribution is -2.14. The van der Waals surface area contributed by atoms with Crippen LogP contribution in [0.2, 0.25) is 0 Å². The van der Waals surface area contributed by atoms with E-state index in [1.54, 1.807) is 6.92 Å². The summed E-state index contributed by atoms with van der Waals surface area (Å²) in [4.78, 5) is 21.9. The molecule has 0 fully saturated rings. The van der Waals surface area contributed by atoms with Gasteiger partial charge in [0.2, 0.25) is 0 Å². The van der Waals surface area contributed by atoms with Gasteiger partial charge in [0.1, 0.15) is 9.88 Å². The molecule has 1 N–H and O–H groups in total. The molecule has 0 unspecified atom stereocenters. The fraction of sp³-hybridized carbons (Fsp3) is 0.250. The van der Waals surface area contributed by atoms with Crippen LogP contribution in [0.1, 0.15) is 37.9 Å². The molecular weight excluding hydrogens is 387 g/mol. The highest BCUT2D eigenvalue weighted by Crippen LogP contribution is 2.33. The number of halogens is 3. The number of thiazole rings is 1. The Morgan fingerprint density at radius 2 is 1.64 bits per heavy atom. The molecule has 146 valence electrons. The summed E-state index contributed by atoms with van der Waals surface area (Å²) >= 11 is 1.14. The van der Waals surface area contributed by atoms with E-state index in [0.29, 0.717) is 26.8 Å². The van der Waals surface area contributed by atoms with E-state index >= 15 is 0 Å². The molecular formula is C20H18F3N3OS. The van der Waals surface area contributed by atoms with Crippen LogP contribution >= 0.6 is 11.3 Å². The molecule has 0 atom stereocenters. The number of rotatable bonds is 3. The SMILES string of the molecule is Cc1cc(C)c(NC(=O)c2sc(-c3ccc(C(F)(F)F)cc3)nc2C)c(C)n1. The standard InChI is InChI=1S/C20H18F3N3OS/c1-10-9-11(2)24-12(3)16(10)26-18(27)17-13(4)25-19(28-17)14-5-7-15(8-6-14)20(21,22)23/h5-9H,1-4H3,(H,26,27). The summed E-state index contributed by atoms with van der Waals surface area (Å²) < 4.78 is 38.2. The van der Waals surface area contributed by atoms with Crippen molar-refractivity contribution in [3.63, 3.8) is 0 Å². The van der Waals surface area contributed by atoms with Gasteiger partial charge in [-0.15, -0.1) is 11.3 Å². The third-order valence-electron chi connectivity index (χ3n) is 4.23. The number of nitrogens with zero attached hydrogens (tertiary/aromatic N) is 2. The van der Waals surface area contributed by atoms with Crippen molar-refractivity contribution in [1.82, 2.24) is 9.97 Å². The van der Waals surface area contributed by atoms with E-state index in [2.05, 4.69) is 15.3 Å². The topological polar surface area (TPSA) is 54.9 Å². The summed E-state index contributed by atoms with van der Waals surface area (Å²) in [5.41, 5.74) is 3.48. The molecule has 2 heterocycles. The summed E-state index contributed by atoms with van der Waals surface area (Å²) in [6.45, 7) is 7.30. The largest absolute Gasteiger partial charge is 0.416 e. The van der Waals surface area contributed by atoms with Crippen LogP contribution in [0.25, 0.3) is 10.6 Å². The Labute approximate surface area is 164 Å². The molecule has 0 saturated carbocycles. The van der Waals surface area contributed by atoms with Gasteiger partial charge in [0.15, 0.2) is 0 Å². The van der Waals surface area contributed by atoms with Gasteiger partial charge >= 0.3 is 6.18 Å². The highest BCUT2D eigenvalue weighted by atomic mass is 32.1. The zero-order chi connectivity index (χ0) is 20.6. The Morgan fingerprint density at radius 1 is 1.00 bits per heavy atom. The first-order valence-corrected chi connectivity index (χ1v) is 9.29. The number of benzene rings is 1. The lowest BCUT2D eigenvalue weighted by molar-refractivity contribution is -0.137. The minimum atomic E-state index is -4.39. The van der Waals surface area contributed by atoms with Crippen molar-refractivity contribution in [3.8, 4) is 10.6 Å². The van der Waals surface area contributed by atoms with Crippen LogP contribution in [0.5, 0.6) is 0 Å². The number of amides is 1. The number of hydrogen-bond donors (Lipinski definition) is 1. The third kappa shape index (κ3) is 4.06. The van der Waals surface area contributed by atoms with E-state index in [1.165, 1.54) is 12.1 Å². The van der Waals surface area contributed by atoms with E-state index in [0.717, 1.165) is 40.4 Å². The fourth-order valence-electron chi connectivity index (χ4n) is 2.92. The second-order valence-corrected chi connectivity index (χ2v) is 7.50. The molecule has 0 aliphatic heterocycles. The zero-order valence-corrected chi connectivity index (χ0v) is 16.5. The number of pyridine rings is 1. The second-order valence-electron chi connectivity index (χ2n) is 6.50. The molecule has 4 nitrogen and oxygen atoms in total. The van der Waals surface area contributed by atoms with Gasteiger partial charge in [-0.05, 0) is 51.5 Å². The van der Waals surface area contributed by atoms with E-state index in [1.807, 2.05) is 26.8 Å². The molecule has 0 spiro atoms. The van der Waals surface area contributed by atoms with Crippen molar-refractivity contribution in [2.45, 2.75) is 33.9 Å². The predicted molar refractivity (Wildman–Crippen MR) is 104 cm³/mol. The average Bonchev–Trinajstić information content (AvgIpc) is 2.99. The fourth-order valence-corrected chi connectivity index (χ4v) is 3.88. The summed E-state index contributed by atoms with van der Waals surface area (Å²) in [6.07, 6.45) is -4.39. The maximum Gasteiger partial charge on any atom is 0.416 e. The van der Waals surface area contributed by atoms with Crippen molar-refractivity contribution in [2.24, 2.45) is 0 Å². The van der Waals surface area contributed by atoms with E-state index < -0.39 is 11.7 Å². The van der Waals surface area contributed by atoms with Crippen LogP contribution in [0.15, 0.2) is 30.3 Å². The summed E-state index contributed by atoms with van der Waals surface area (Å²) in [5.74, 6) is -0.315. The number of carbonyl (C=O) groups is 1. The molecule has 28 heavy (non-hydrogen) atoms. The smallest absolute Gasteiger partial charge is 0.319 e. The first-order chi connectivity index (χ1) is 13.1. The first-order valence-electron chi connectivity index (χ1n) is 8.47. The van der Waals surface area contributed by atoms with Crippen LogP contribution in [-0.2, 0) is 6.18 Å². The van der Waals surface area contributed by atoms with E-state index in [9.17, 15) is 18.0 Å². The highest BCUT2D eigenvalue weighted by Gasteiger charge is 2.30. The Kier molecular flexibility index (Phi) is 5.25. The molecule has 0 bridgehead atoms. The molecule has 2 aromatic heterocycles. The number of anilines is 1. The maximum absolute atomic E-state index is 12.7. The minimum absolute atomic E-state index is 0.315. The zero-order valence-electron chi connectivity index (χ0n) is 15.7. The molecule has 1 aromatic carbocycles. The van der Waals surface area contributed by atoms with Gasteiger partial charge in [-0.3, -0.25) is 9.78 Å². The molecule has 8 heteroatoms. The van der Waals surface area contributed by atoms with Crippen LogP contribution in [-0.4, -0.2) is 15.9 Å². The van der Waals surface area contributed by atoms with Crippen molar-refractivity contribution >= 4 is 22.9 Å². The number of hydrogen-bond acceptors (Lipinski definition) is 4. The number of alkyl halides is 3. The van der Waals surface area contributed by atoms with Crippen LogP contribution in [0, 0.1) is 27.7 Å². The van der Waals surface area contributed by atoms with Gasteiger partial charge in [-0.25, -0.2) is 4.98 Å². The minimum Gasteiger partial charge on any atom is -0.319 e. The average molecular weight is 405 g/mol. The van der Waals surface area contributed by atoms with Gasteiger partial charge in [0.25, 0.3) is 5.91 Å². The Morgan fingerprint density at radius 3 is 2.21 bits per heavy atom. The molecule has 3 aromatic rings. The van der Waals surface area contributed by atoms with Gasteiger partial charge in [-0.1, -0.05) is 12.1 Å². The van der Waals surface area contributed by atoms with Gasteiger partial charge < -0.3 is 5.32 Å². The van der Waals surface area contributed by atoms with Crippen LogP contribution in [0.4, 0.5) is 18.9 Å². The van der Waals surface area contributed by atoms with Gasteiger partial charge in [0, 0.05) is 11.3 Å². The van der Waals surface area contributed by atoms with E-state index in [4.69, 9.17) is 0 Å². The molecule has 0 aliphatic rings.